The Kier molecular flexibility index (Phi) is 5.02. The number of rotatable bonds is 7. The lowest BCUT2D eigenvalue weighted by molar-refractivity contribution is 0.0937. The first kappa shape index (κ1) is 13.4. The number of benzene rings is 1. The van der Waals surface area contributed by atoms with Crippen LogP contribution in [0.1, 0.15) is 29.6 Å². The van der Waals surface area contributed by atoms with Crippen molar-refractivity contribution in [1.29, 1.82) is 0 Å². The van der Waals surface area contributed by atoms with Crippen LogP contribution in [0.4, 0.5) is 0 Å². The molecule has 0 aromatic heterocycles. The van der Waals surface area contributed by atoms with Gasteiger partial charge in [0.25, 0.3) is 5.91 Å². The lowest BCUT2D eigenvalue weighted by Gasteiger charge is -2.07. The van der Waals surface area contributed by atoms with Crippen LogP contribution in [0.2, 0.25) is 5.02 Å². The van der Waals surface area contributed by atoms with Gasteiger partial charge in [-0.15, -0.1) is 0 Å². The second-order valence-corrected chi connectivity index (χ2v) is 5.01. The topological polar surface area (TPSA) is 38.3 Å². The number of amides is 1. The molecular formula is C14H18ClNO2. The first-order chi connectivity index (χ1) is 8.77. The van der Waals surface area contributed by atoms with Crippen LogP contribution < -0.4 is 5.32 Å². The average molecular weight is 268 g/mol. The van der Waals surface area contributed by atoms with E-state index >= 15 is 0 Å². The Bertz CT molecular complexity index is 405. The van der Waals surface area contributed by atoms with Gasteiger partial charge in [0.1, 0.15) is 0 Å². The monoisotopic (exact) mass is 267 g/mol. The molecule has 0 bridgehead atoms. The molecule has 0 heterocycles. The van der Waals surface area contributed by atoms with E-state index in [-0.39, 0.29) is 5.91 Å². The van der Waals surface area contributed by atoms with Crippen molar-refractivity contribution in [3.8, 4) is 0 Å². The van der Waals surface area contributed by atoms with Gasteiger partial charge in [-0.25, -0.2) is 0 Å². The number of carbonyl (C=O) groups excluding carboxylic acids is 1. The third-order valence-electron chi connectivity index (χ3n) is 2.92. The van der Waals surface area contributed by atoms with E-state index < -0.39 is 0 Å². The maximum atomic E-state index is 11.8. The van der Waals surface area contributed by atoms with Crippen LogP contribution in [0.25, 0.3) is 0 Å². The average Bonchev–Trinajstić information content (AvgIpc) is 3.18. The summed E-state index contributed by atoms with van der Waals surface area (Å²) in [6, 6.07) is 7.06. The van der Waals surface area contributed by atoms with Gasteiger partial charge in [0, 0.05) is 19.8 Å². The van der Waals surface area contributed by atoms with Gasteiger partial charge in [-0.2, -0.15) is 0 Å². The van der Waals surface area contributed by atoms with Gasteiger partial charge in [-0.1, -0.05) is 23.7 Å². The molecule has 98 valence electrons. The Morgan fingerprint density at radius 1 is 1.39 bits per heavy atom. The zero-order valence-electron chi connectivity index (χ0n) is 10.3. The van der Waals surface area contributed by atoms with Gasteiger partial charge in [-0.3, -0.25) is 4.79 Å². The van der Waals surface area contributed by atoms with Gasteiger partial charge < -0.3 is 10.1 Å². The molecule has 18 heavy (non-hydrogen) atoms. The molecule has 1 aromatic carbocycles. The first-order valence-corrected chi connectivity index (χ1v) is 6.75. The van der Waals surface area contributed by atoms with Crippen molar-refractivity contribution in [3.63, 3.8) is 0 Å². The minimum absolute atomic E-state index is 0.122. The van der Waals surface area contributed by atoms with Crippen LogP contribution in [0, 0.1) is 5.92 Å². The predicted molar refractivity (Wildman–Crippen MR) is 71.9 cm³/mol. The molecule has 0 spiro atoms. The van der Waals surface area contributed by atoms with Crippen molar-refractivity contribution < 1.29 is 9.53 Å². The summed E-state index contributed by atoms with van der Waals surface area (Å²) in [5.41, 5.74) is 0.526. The third-order valence-corrected chi connectivity index (χ3v) is 3.25. The molecule has 1 saturated carbocycles. The van der Waals surface area contributed by atoms with Gasteiger partial charge >= 0.3 is 0 Å². The quantitative estimate of drug-likeness (QED) is 0.772. The molecule has 0 saturated heterocycles. The molecule has 3 nitrogen and oxygen atoms in total. The largest absolute Gasteiger partial charge is 0.381 e. The summed E-state index contributed by atoms with van der Waals surface area (Å²) >= 11 is 5.94. The van der Waals surface area contributed by atoms with E-state index in [1.54, 1.807) is 18.2 Å². The van der Waals surface area contributed by atoms with Crippen LogP contribution >= 0.6 is 11.6 Å². The summed E-state index contributed by atoms with van der Waals surface area (Å²) in [6.07, 6.45) is 3.45. The van der Waals surface area contributed by atoms with Gasteiger partial charge in [-0.05, 0) is 37.3 Å². The van der Waals surface area contributed by atoms with Crippen LogP contribution in [-0.4, -0.2) is 25.7 Å². The minimum atomic E-state index is -0.122. The van der Waals surface area contributed by atoms with Crippen molar-refractivity contribution in [2.24, 2.45) is 5.92 Å². The predicted octanol–water partition coefficient (Wildman–Crippen LogP) is 2.89. The Morgan fingerprint density at radius 3 is 2.89 bits per heavy atom. The molecule has 0 atom stereocenters. The molecule has 4 heteroatoms. The highest BCUT2D eigenvalue weighted by Crippen LogP contribution is 2.28. The van der Waals surface area contributed by atoms with Crippen molar-refractivity contribution in [2.45, 2.75) is 19.3 Å². The molecule has 1 N–H and O–H groups in total. The molecule has 1 aliphatic rings. The number of hydrogen-bond donors (Lipinski definition) is 1. The lowest BCUT2D eigenvalue weighted by atomic mass is 10.2. The standard InChI is InChI=1S/C14H18ClNO2/c15-13-5-2-1-4-12(13)14(17)16-8-3-9-18-10-11-6-7-11/h1-2,4-5,11H,3,6-10H2,(H,16,17). The Hall–Kier alpha value is -1.06. The fraction of sp³-hybridized carbons (Fsp3) is 0.500. The van der Waals surface area contributed by atoms with Crippen LogP contribution in [-0.2, 0) is 4.74 Å². The molecule has 0 unspecified atom stereocenters. The van der Waals surface area contributed by atoms with Crippen molar-refractivity contribution in [3.05, 3.63) is 34.9 Å². The van der Waals surface area contributed by atoms with Crippen LogP contribution in [0.15, 0.2) is 24.3 Å². The van der Waals surface area contributed by atoms with E-state index in [4.69, 9.17) is 16.3 Å². The Balaban J connectivity index is 1.60. The number of halogens is 1. The molecule has 1 fully saturated rings. The van der Waals surface area contributed by atoms with Gasteiger partial charge in [0.2, 0.25) is 0 Å². The minimum Gasteiger partial charge on any atom is -0.381 e. The Morgan fingerprint density at radius 2 is 2.17 bits per heavy atom. The fourth-order valence-electron chi connectivity index (χ4n) is 1.65. The number of ether oxygens (including phenoxy) is 1. The van der Waals surface area contributed by atoms with E-state index in [0.29, 0.717) is 23.7 Å². The first-order valence-electron chi connectivity index (χ1n) is 6.38. The summed E-state index contributed by atoms with van der Waals surface area (Å²) in [5.74, 6) is 0.672. The number of carbonyl (C=O) groups is 1. The van der Waals surface area contributed by atoms with Crippen LogP contribution in [0.5, 0.6) is 0 Å². The van der Waals surface area contributed by atoms with E-state index in [1.807, 2.05) is 6.07 Å². The molecule has 0 radical (unpaired) electrons. The molecule has 1 aliphatic carbocycles. The van der Waals surface area contributed by atoms with Gasteiger partial charge in [0.15, 0.2) is 0 Å². The van der Waals surface area contributed by atoms with E-state index in [2.05, 4.69) is 5.32 Å². The maximum absolute atomic E-state index is 11.8. The third kappa shape index (κ3) is 4.31. The second-order valence-electron chi connectivity index (χ2n) is 4.61. The van der Waals surface area contributed by atoms with E-state index in [9.17, 15) is 4.79 Å². The highest BCUT2D eigenvalue weighted by molar-refractivity contribution is 6.33. The molecule has 2 rings (SSSR count). The highest BCUT2D eigenvalue weighted by Gasteiger charge is 2.20. The SMILES string of the molecule is O=C(NCCCOCC1CC1)c1ccccc1Cl. The zero-order valence-corrected chi connectivity index (χ0v) is 11.1. The highest BCUT2D eigenvalue weighted by atomic mass is 35.5. The van der Waals surface area contributed by atoms with E-state index in [1.165, 1.54) is 12.8 Å². The normalized spacial score (nSPS) is 14.5. The van der Waals surface area contributed by atoms with Crippen molar-refractivity contribution in [1.82, 2.24) is 5.32 Å². The molecular weight excluding hydrogens is 250 g/mol. The number of hydrogen-bond acceptors (Lipinski definition) is 2. The second kappa shape index (κ2) is 6.76. The maximum Gasteiger partial charge on any atom is 0.252 e. The molecule has 1 aromatic rings. The van der Waals surface area contributed by atoms with E-state index in [0.717, 1.165) is 18.9 Å². The van der Waals surface area contributed by atoms with Crippen LogP contribution in [0.3, 0.4) is 0 Å². The number of nitrogens with one attached hydrogen (secondary N) is 1. The lowest BCUT2D eigenvalue weighted by Crippen LogP contribution is -2.25. The Labute approximate surface area is 112 Å². The fourth-order valence-corrected chi connectivity index (χ4v) is 1.87. The van der Waals surface area contributed by atoms with Crippen molar-refractivity contribution in [2.75, 3.05) is 19.8 Å². The smallest absolute Gasteiger partial charge is 0.252 e. The summed E-state index contributed by atoms with van der Waals surface area (Å²) in [5, 5.41) is 3.33. The molecule has 1 amide bonds. The summed E-state index contributed by atoms with van der Waals surface area (Å²) in [7, 11) is 0. The summed E-state index contributed by atoms with van der Waals surface area (Å²) in [4.78, 5) is 11.8. The zero-order chi connectivity index (χ0) is 12.8. The van der Waals surface area contributed by atoms with Gasteiger partial charge in [0.05, 0.1) is 10.6 Å². The van der Waals surface area contributed by atoms with Crippen molar-refractivity contribution >= 4 is 17.5 Å². The summed E-state index contributed by atoms with van der Waals surface area (Å²) < 4.78 is 5.49. The summed E-state index contributed by atoms with van der Waals surface area (Å²) in [6.45, 7) is 2.20. The molecule has 0 aliphatic heterocycles.